The van der Waals surface area contributed by atoms with Gasteiger partial charge in [-0.15, -0.1) is 0 Å². The molecule has 8 heteroatoms. The lowest BCUT2D eigenvalue weighted by Gasteiger charge is -2.28. The highest BCUT2D eigenvalue weighted by molar-refractivity contribution is 7.89. The summed E-state index contributed by atoms with van der Waals surface area (Å²) in [6.07, 6.45) is 4.42. The van der Waals surface area contributed by atoms with Crippen LogP contribution in [0.25, 0.3) is 0 Å². The van der Waals surface area contributed by atoms with Crippen molar-refractivity contribution in [1.82, 2.24) is 14.7 Å². The summed E-state index contributed by atoms with van der Waals surface area (Å²) < 4.78 is 27.1. The topological polar surface area (TPSA) is 101 Å². The van der Waals surface area contributed by atoms with Crippen molar-refractivity contribution in [3.05, 3.63) is 12.0 Å². The minimum absolute atomic E-state index is 0.0440. The Morgan fingerprint density at radius 2 is 2.17 bits per heavy atom. The van der Waals surface area contributed by atoms with Gasteiger partial charge in [-0.05, 0) is 19.8 Å². The molecular weight excluding hydrogens is 272 g/mol. The number of nitrogens with two attached hydrogens (primary N) is 1. The van der Waals surface area contributed by atoms with E-state index in [-0.39, 0.29) is 10.0 Å². The predicted octanol–water partition coefficient (Wildman–Crippen LogP) is 0.595. The normalized spacial score (nSPS) is 18.9. The van der Waals surface area contributed by atoms with E-state index >= 15 is 0 Å². The molecule has 4 N–H and O–H groups in total. The highest BCUT2D eigenvalue weighted by atomic mass is 32.2. The highest BCUT2D eigenvalue weighted by Crippen LogP contribution is 2.31. The van der Waals surface area contributed by atoms with Crippen LogP contribution in [0.15, 0.2) is 11.2 Å². The zero-order valence-corrected chi connectivity index (χ0v) is 11.7. The maximum atomic E-state index is 12.2. The van der Waals surface area contributed by atoms with Crippen molar-refractivity contribution in [1.29, 1.82) is 0 Å². The molecule has 0 spiro atoms. The zero-order chi connectivity index (χ0) is 13.4. The van der Waals surface area contributed by atoms with Crippen LogP contribution >= 0.6 is 12.2 Å². The zero-order valence-electron chi connectivity index (χ0n) is 10.1. The Morgan fingerprint density at radius 3 is 2.61 bits per heavy atom. The summed E-state index contributed by atoms with van der Waals surface area (Å²) in [6.45, 7) is 1.69. The molecule has 0 radical (unpaired) electrons. The maximum absolute atomic E-state index is 12.2. The Labute approximate surface area is 111 Å². The second kappa shape index (κ2) is 4.60. The minimum atomic E-state index is -3.66. The smallest absolute Gasteiger partial charge is 0.258 e. The third-order valence-corrected chi connectivity index (χ3v) is 5.06. The lowest BCUT2D eigenvalue weighted by Crippen LogP contribution is -2.54. The Kier molecular flexibility index (Phi) is 3.43. The molecule has 0 aliphatic heterocycles. The third-order valence-electron chi connectivity index (χ3n) is 3.23. The molecule has 100 valence electrons. The number of nitrogens with zero attached hydrogens (tertiary/aromatic N) is 1. The lowest BCUT2D eigenvalue weighted by atomic mass is 10.00. The number of hydrogen-bond donors (Lipinski definition) is 3. The van der Waals surface area contributed by atoms with Gasteiger partial charge in [-0.25, -0.2) is 13.4 Å². The fraction of sp³-hybridized carbons (Fsp3) is 0.600. The van der Waals surface area contributed by atoms with Crippen LogP contribution in [-0.4, -0.2) is 28.9 Å². The number of sulfonamides is 1. The summed E-state index contributed by atoms with van der Waals surface area (Å²) >= 11 is 5.02. The molecule has 0 aromatic carbocycles. The molecule has 0 unspecified atom stereocenters. The van der Waals surface area contributed by atoms with E-state index < -0.39 is 15.6 Å². The summed E-state index contributed by atoms with van der Waals surface area (Å²) in [4.78, 5) is 6.80. The molecule has 6 nitrogen and oxygen atoms in total. The largest absolute Gasteiger partial charge is 0.392 e. The molecule has 18 heavy (non-hydrogen) atoms. The number of aromatic nitrogens is 2. The van der Waals surface area contributed by atoms with Gasteiger partial charge in [-0.2, -0.15) is 4.72 Å². The quantitative estimate of drug-likeness (QED) is 0.704. The first-order chi connectivity index (χ1) is 8.36. The molecule has 1 fully saturated rings. The minimum Gasteiger partial charge on any atom is -0.392 e. The second-order valence-electron chi connectivity index (χ2n) is 4.59. The van der Waals surface area contributed by atoms with Crippen LogP contribution in [0, 0.1) is 6.92 Å². The summed E-state index contributed by atoms with van der Waals surface area (Å²) in [5.74, 6) is 0.547. The van der Waals surface area contributed by atoms with Gasteiger partial charge in [-0.3, -0.25) is 0 Å². The van der Waals surface area contributed by atoms with Crippen LogP contribution < -0.4 is 10.5 Å². The number of thiocarbonyl (C=S) groups is 1. The van der Waals surface area contributed by atoms with Crippen molar-refractivity contribution in [3.8, 4) is 0 Å². The van der Waals surface area contributed by atoms with Crippen LogP contribution in [0.3, 0.4) is 0 Å². The van der Waals surface area contributed by atoms with Gasteiger partial charge in [-0.1, -0.05) is 25.1 Å². The fourth-order valence-corrected chi connectivity index (χ4v) is 3.96. The first-order valence-electron chi connectivity index (χ1n) is 5.71. The van der Waals surface area contributed by atoms with E-state index in [1.54, 1.807) is 6.92 Å². The second-order valence-corrected chi connectivity index (χ2v) is 6.68. The molecule has 1 aliphatic rings. The van der Waals surface area contributed by atoms with E-state index in [4.69, 9.17) is 18.0 Å². The van der Waals surface area contributed by atoms with Gasteiger partial charge in [0.15, 0.2) is 5.03 Å². The first kappa shape index (κ1) is 13.4. The van der Waals surface area contributed by atoms with Gasteiger partial charge in [0.05, 0.1) is 16.7 Å². The monoisotopic (exact) mass is 288 g/mol. The Balaban J connectivity index is 2.29. The Morgan fingerprint density at radius 1 is 1.56 bits per heavy atom. The molecule has 0 bridgehead atoms. The SMILES string of the molecule is Cc1ncc(S(=O)(=O)NC2(C(N)=S)CCCC2)[nH]1. The van der Waals surface area contributed by atoms with E-state index in [0.29, 0.717) is 18.7 Å². The van der Waals surface area contributed by atoms with Crippen molar-refractivity contribution >= 4 is 27.2 Å². The standard InChI is InChI=1S/C10H16N4O2S2/c1-7-12-6-8(13-7)18(15,16)14-10(9(11)17)4-2-3-5-10/h6,14H,2-5H2,1H3,(H2,11,17)(H,12,13). The molecule has 2 rings (SSSR count). The van der Waals surface area contributed by atoms with E-state index in [9.17, 15) is 8.42 Å². The summed E-state index contributed by atoms with van der Waals surface area (Å²) in [7, 11) is -3.66. The van der Waals surface area contributed by atoms with Gasteiger partial charge in [0.2, 0.25) is 0 Å². The average Bonchev–Trinajstić information content (AvgIpc) is 2.87. The first-order valence-corrected chi connectivity index (χ1v) is 7.60. The van der Waals surface area contributed by atoms with Gasteiger partial charge in [0, 0.05) is 0 Å². The molecule has 0 saturated heterocycles. The number of rotatable bonds is 4. The number of imidazole rings is 1. The molecule has 1 saturated carbocycles. The lowest BCUT2D eigenvalue weighted by molar-refractivity contribution is 0.501. The van der Waals surface area contributed by atoms with Crippen molar-refractivity contribution < 1.29 is 8.42 Å². The van der Waals surface area contributed by atoms with Gasteiger partial charge < -0.3 is 10.7 Å². The van der Waals surface area contributed by atoms with Gasteiger partial charge in [0.1, 0.15) is 5.82 Å². The molecular formula is C10H16N4O2S2. The predicted molar refractivity (Wildman–Crippen MR) is 71.6 cm³/mol. The average molecular weight is 288 g/mol. The molecule has 1 heterocycles. The molecule has 1 aromatic heterocycles. The van der Waals surface area contributed by atoms with Crippen molar-refractivity contribution in [2.24, 2.45) is 5.73 Å². The number of H-pyrrole nitrogens is 1. The fourth-order valence-electron chi connectivity index (χ4n) is 2.22. The van der Waals surface area contributed by atoms with E-state index in [1.807, 2.05) is 0 Å². The molecule has 0 amide bonds. The van der Waals surface area contributed by atoms with Crippen molar-refractivity contribution in [2.75, 3.05) is 0 Å². The summed E-state index contributed by atoms with van der Waals surface area (Å²) in [6, 6.07) is 0. The highest BCUT2D eigenvalue weighted by Gasteiger charge is 2.41. The number of aryl methyl sites for hydroxylation is 1. The molecule has 1 aromatic rings. The van der Waals surface area contributed by atoms with Crippen LogP contribution in [0.1, 0.15) is 31.5 Å². The van der Waals surface area contributed by atoms with Crippen molar-refractivity contribution in [2.45, 2.75) is 43.2 Å². The van der Waals surface area contributed by atoms with Crippen LogP contribution in [0.2, 0.25) is 0 Å². The number of hydrogen-bond acceptors (Lipinski definition) is 4. The van der Waals surface area contributed by atoms with Crippen LogP contribution in [-0.2, 0) is 10.0 Å². The Bertz CT molecular complexity index is 558. The third kappa shape index (κ3) is 2.40. The summed E-state index contributed by atoms with van der Waals surface area (Å²) in [5, 5.41) is 0.0440. The number of nitrogens with one attached hydrogen (secondary N) is 2. The summed E-state index contributed by atoms with van der Waals surface area (Å²) in [5.41, 5.74) is 4.92. The van der Waals surface area contributed by atoms with Crippen LogP contribution in [0.4, 0.5) is 0 Å². The van der Waals surface area contributed by atoms with Crippen LogP contribution in [0.5, 0.6) is 0 Å². The molecule has 1 aliphatic carbocycles. The van der Waals surface area contributed by atoms with E-state index in [0.717, 1.165) is 12.8 Å². The van der Waals surface area contributed by atoms with Crippen molar-refractivity contribution in [3.63, 3.8) is 0 Å². The maximum Gasteiger partial charge on any atom is 0.258 e. The Hall–Kier alpha value is -0.990. The number of aromatic amines is 1. The van der Waals surface area contributed by atoms with E-state index in [2.05, 4.69) is 14.7 Å². The molecule has 0 atom stereocenters. The van der Waals surface area contributed by atoms with Gasteiger partial charge in [0.25, 0.3) is 10.0 Å². The van der Waals surface area contributed by atoms with E-state index in [1.165, 1.54) is 6.20 Å². The van der Waals surface area contributed by atoms with Gasteiger partial charge >= 0.3 is 0 Å².